The van der Waals surface area contributed by atoms with Crippen LogP contribution in [0.25, 0.3) is 0 Å². The summed E-state index contributed by atoms with van der Waals surface area (Å²) in [4.78, 5) is 22.0. The molecule has 0 spiro atoms. The number of carbonyl (C=O) groups is 1. The van der Waals surface area contributed by atoms with Gasteiger partial charge in [-0.1, -0.05) is 6.92 Å². The lowest BCUT2D eigenvalue weighted by molar-refractivity contribution is 0.0921. The van der Waals surface area contributed by atoms with Crippen LogP contribution in [-0.4, -0.2) is 45.9 Å². The number of likely N-dealkylation sites (tertiary alicyclic amines) is 1. The molecule has 20 heavy (non-hydrogen) atoms. The zero-order valence-corrected chi connectivity index (χ0v) is 12.5. The van der Waals surface area contributed by atoms with E-state index in [0.717, 1.165) is 18.8 Å². The predicted molar refractivity (Wildman–Crippen MR) is 77.7 cm³/mol. The van der Waals surface area contributed by atoms with Gasteiger partial charge in [-0.15, -0.1) is 0 Å². The van der Waals surface area contributed by atoms with Gasteiger partial charge in [0.1, 0.15) is 0 Å². The van der Waals surface area contributed by atoms with Crippen molar-refractivity contribution >= 4 is 5.91 Å². The molecule has 0 bridgehead atoms. The molecule has 3 rings (SSSR count). The van der Waals surface area contributed by atoms with Gasteiger partial charge >= 0.3 is 0 Å². The van der Waals surface area contributed by atoms with Crippen LogP contribution in [-0.2, 0) is 0 Å². The number of rotatable bonds is 4. The first-order chi connectivity index (χ1) is 9.54. The van der Waals surface area contributed by atoms with Gasteiger partial charge in [-0.05, 0) is 32.6 Å². The molecule has 2 fully saturated rings. The first-order valence-electron chi connectivity index (χ1n) is 7.64. The summed E-state index contributed by atoms with van der Waals surface area (Å²) in [5, 5.41) is 3.13. The molecule has 0 radical (unpaired) electrons. The lowest BCUT2D eigenvalue weighted by Gasteiger charge is -2.20. The molecule has 2 atom stereocenters. The first kappa shape index (κ1) is 13.6. The van der Waals surface area contributed by atoms with E-state index in [4.69, 9.17) is 0 Å². The van der Waals surface area contributed by atoms with Crippen molar-refractivity contribution in [2.24, 2.45) is 5.92 Å². The van der Waals surface area contributed by atoms with E-state index in [1.54, 1.807) is 0 Å². The van der Waals surface area contributed by atoms with Crippen LogP contribution in [0.1, 0.15) is 55.8 Å². The SMILES string of the molecule is CC1CN(C(C)C)CC1NC(=O)c1ncc(C2CC2)[nH]1. The van der Waals surface area contributed by atoms with Gasteiger partial charge in [0.25, 0.3) is 5.91 Å². The Morgan fingerprint density at radius 2 is 2.20 bits per heavy atom. The highest BCUT2D eigenvalue weighted by Gasteiger charge is 2.33. The number of nitrogens with zero attached hydrogens (tertiary/aromatic N) is 2. The van der Waals surface area contributed by atoms with Crippen LogP contribution in [0.4, 0.5) is 0 Å². The van der Waals surface area contributed by atoms with Gasteiger partial charge in [0.15, 0.2) is 5.82 Å². The van der Waals surface area contributed by atoms with Crippen LogP contribution in [0.15, 0.2) is 6.20 Å². The normalized spacial score (nSPS) is 27.2. The van der Waals surface area contributed by atoms with Gasteiger partial charge < -0.3 is 10.3 Å². The van der Waals surface area contributed by atoms with E-state index >= 15 is 0 Å². The van der Waals surface area contributed by atoms with E-state index in [-0.39, 0.29) is 11.9 Å². The summed E-state index contributed by atoms with van der Waals surface area (Å²) in [6.45, 7) is 8.58. The number of hydrogen-bond donors (Lipinski definition) is 2. The van der Waals surface area contributed by atoms with Crippen molar-refractivity contribution in [1.29, 1.82) is 0 Å². The van der Waals surface area contributed by atoms with Crippen LogP contribution in [0.5, 0.6) is 0 Å². The van der Waals surface area contributed by atoms with Gasteiger partial charge in [0.2, 0.25) is 0 Å². The minimum atomic E-state index is -0.0700. The van der Waals surface area contributed by atoms with E-state index in [1.807, 2.05) is 6.20 Å². The second-order valence-corrected chi connectivity index (χ2v) is 6.57. The van der Waals surface area contributed by atoms with Crippen molar-refractivity contribution in [2.75, 3.05) is 13.1 Å². The topological polar surface area (TPSA) is 61.0 Å². The monoisotopic (exact) mass is 276 g/mol. The number of H-pyrrole nitrogens is 1. The van der Waals surface area contributed by atoms with Crippen LogP contribution in [0.3, 0.4) is 0 Å². The van der Waals surface area contributed by atoms with E-state index in [2.05, 4.69) is 41.0 Å². The fraction of sp³-hybridized carbons (Fsp3) is 0.733. The maximum atomic E-state index is 12.3. The molecule has 2 heterocycles. The molecule has 1 saturated carbocycles. The zero-order chi connectivity index (χ0) is 14.3. The van der Waals surface area contributed by atoms with Crippen LogP contribution >= 0.6 is 0 Å². The van der Waals surface area contributed by atoms with Gasteiger partial charge in [-0.25, -0.2) is 4.98 Å². The maximum absolute atomic E-state index is 12.3. The number of imidazole rings is 1. The second-order valence-electron chi connectivity index (χ2n) is 6.57. The van der Waals surface area contributed by atoms with Crippen molar-refractivity contribution < 1.29 is 4.79 Å². The molecule has 1 amide bonds. The van der Waals surface area contributed by atoms with E-state index in [9.17, 15) is 4.79 Å². The van der Waals surface area contributed by atoms with Crippen LogP contribution < -0.4 is 5.32 Å². The average molecular weight is 276 g/mol. The van der Waals surface area contributed by atoms with E-state index in [1.165, 1.54) is 12.8 Å². The van der Waals surface area contributed by atoms with Gasteiger partial charge in [-0.3, -0.25) is 9.69 Å². The smallest absolute Gasteiger partial charge is 0.287 e. The number of carbonyl (C=O) groups excluding carboxylic acids is 1. The quantitative estimate of drug-likeness (QED) is 0.880. The molecule has 1 saturated heterocycles. The van der Waals surface area contributed by atoms with Gasteiger partial charge in [0, 0.05) is 43.0 Å². The Hall–Kier alpha value is -1.36. The van der Waals surface area contributed by atoms with E-state index in [0.29, 0.717) is 23.7 Å². The predicted octanol–water partition coefficient (Wildman–Crippen LogP) is 1.75. The Morgan fingerprint density at radius 1 is 1.45 bits per heavy atom. The van der Waals surface area contributed by atoms with Crippen molar-refractivity contribution in [1.82, 2.24) is 20.2 Å². The third kappa shape index (κ3) is 2.73. The summed E-state index contributed by atoms with van der Waals surface area (Å²) in [6, 6.07) is 0.754. The van der Waals surface area contributed by atoms with Gasteiger partial charge in [0.05, 0.1) is 0 Å². The summed E-state index contributed by atoms with van der Waals surface area (Å²) in [6.07, 6.45) is 4.24. The molecular weight excluding hydrogens is 252 g/mol. The lowest BCUT2D eigenvalue weighted by Crippen LogP contribution is -2.40. The molecule has 1 aliphatic heterocycles. The fourth-order valence-corrected chi connectivity index (χ4v) is 2.90. The third-order valence-corrected chi connectivity index (χ3v) is 4.52. The largest absolute Gasteiger partial charge is 0.345 e. The number of aromatic amines is 1. The summed E-state index contributed by atoms with van der Waals surface area (Å²) in [7, 11) is 0. The molecule has 2 N–H and O–H groups in total. The maximum Gasteiger partial charge on any atom is 0.287 e. The first-order valence-corrected chi connectivity index (χ1v) is 7.64. The fourth-order valence-electron chi connectivity index (χ4n) is 2.90. The number of aromatic nitrogens is 2. The Balaban J connectivity index is 1.60. The molecule has 2 unspecified atom stereocenters. The Kier molecular flexibility index (Phi) is 3.54. The average Bonchev–Trinajstić information content (AvgIpc) is 3.01. The molecular formula is C15H24N4O. The molecule has 1 aromatic rings. The minimum absolute atomic E-state index is 0.0700. The van der Waals surface area contributed by atoms with Crippen molar-refractivity contribution in [3.63, 3.8) is 0 Å². The zero-order valence-electron chi connectivity index (χ0n) is 12.5. The number of nitrogens with one attached hydrogen (secondary N) is 2. The second kappa shape index (κ2) is 5.20. The van der Waals surface area contributed by atoms with Crippen molar-refractivity contribution in [2.45, 2.75) is 51.6 Å². The third-order valence-electron chi connectivity index (χ3n) is 4.52. The molecule has 2 aliphatic rings. The molecule has 5 nitrogen and oxygen atoms in total. The van der Waals surface area contributed by atoms with Crippen LogP contribution in [0, 0.1) is 5.92 Å². The van der Waals surface area contributed by atoms with Crippen molar-refractivity contribution in [3.8, 4) is 0 Å². The van der Waals surface area contributed by atoms with Crippen LogP contribution in [0.2, 0.25) is 0 Å². The minimum Gasteiger partial charge on any atom is -0.345 e. The lowest BCUT2D eigenvalue weighted by atomic mass is 10.1. The molecule has 1 aliphatic carbocycles. The number of hydrogen-bond acceptors (Lipinski definition) is 3. The Labute approximate surface area is 120 Å². The number of amides is 1. The Bertz CT molecular complexity index is 492. The molecule has 1 aromatic heterocycles. The molecule has 110 valence electrons. The summed E-state index contributed by atoms with van der Waals surface area (Å²) >= 11 is 0. The summed E-state index contributed by atoms with van der Waals surface area (Å²) in [5.74, 6) is 1.48. The van der Waals surface area contributed by atoms with E-state index < -0.39 is 0 Å². The molecule has 5 heteroatoms. The van der Waals surface area contributed by atoms with Crippen molar-refractivity contribution in [3.05, 3.63) is 17.7 Å². The summed E-state index contributed by atoms with van der Waals surface area (Å²) < 4.78 is 0. The summed E-state index contributed by atoms with van der Waals surface area (Å²) in [5.41, 5.74) is 1.11. The molecule has 0 aromatic carbocycles. The van der Waals surface area contributed by atoms with Gasteiger partial charge in [-0.2, -0.15) is 0 Å². The highest BCUT2D eigenvalue weighted by molar-refractivity contribution is 5.90. The Morgan fingerprint density at radius 3 is 2.80 bits per heavy atom. The highest BCUT2D eigenvalue weighted by atomic mass is 16.2. The standard InChI is InChI=1S/C15H24N4O/c1-9(2)19-7-10(3)13(8-19)18-15(20)14-16-6-12(17-14)11-4-5-11/h6,9-11,13H,4-5,7-8H2,1-3H3,(H,16,17)(H,18,20). The highest BCUT2D eigenvalue weighted by Crippen LogP contribution is 2.38.